The zero-order chi connectivity index (χ0) is 11.9. The highest BCUT2D eigenvalue weighted by Gasteiger charge is 2.50. The highest BCUT2D eigenvalue weighted by atomic mass is 19.3. The van der Waals surface area contributed by atoms with Crippen LogP contribution < -0.4 is 0 Å². The van der Waals surface area contributed by atoms with E-state index < -0.39 is 24.7 Å². The third-order valence-electron chi connectivity index (χ3n) is 3.01. The van der Waals surface area contributed by atoms with Crippen LogP contribution in [-0.2, 0) is 9.31 Å². The minimum Gasteiger partial charge on any atom is -0.400 e. The summed E-state index contributed by atoms with van der Waals surface area (Å²) in [5, 5.41) is 0. The van der Waals surface area contributed by atoms with Crippen molar-refractivity contribution in [1.29, 1.82) is 0 Å². The predicted octanol–water partition coefficient (Wildman–Crippen LogP) is 2.83. The lowest BCUT2D eigenvalue weighted by Crippen LogP contribution is -2.41. The Labute approximate surface area is 89.8 Å². The van der Waals surface area contributed by atoms with Crippen LogP contribution in [0.15, 0.2) is 11.5 Å². The number of allylic oxidation sites excluding steroid dienone is 1. The van der Waals surface area contributed by atoms with Crippen LogP contribution in [0.4, 0.5) is 8.78 Å². The zero-order valence-corrected chi connectivity index (χ0v) is 9.80. The summed E-state index contributed by atoms with van der Waals surface area (Å²) in [6.45, 7) is 8.92. The largest absolute Gasteiger partial charge is 0.487 e. The van der Waals surface area contributed by atoms with Gasteiger partial charge in [0, 0.05) is 0 Å². The van der Waals surface area contributed by atoms with Gasteiger partial charge in [-0.3, -0.25) is 0 Å². The summed E-state index contributed by atoms with van der Waals surface area (Å²) in [5.74, 6) is 1.33. The average molecular weight is 218 g/mol. The summed E-state index contributed by atoms with van der Waals surface area (Å²) in [6, 6.07) is 0. The zero-order valence-electron chi connectivity index (χ0n) is 9.80. The van der Waals surface area contributed by atoms with E-state index in [1.54, 1.807) is 0 Å². The highest BCUT2D eigenvalue weighted by molar-refractivity contribution is 6.51. The first-order chi connectivity index (χ1) is 6.66. The Kier molecular flexibility index (Phi) is 3.26. The van der Waals surface area contributed by atoms with E-state index in [1.165, 1.54) is 12.9 Å². The van der Waals surface area contributed by atoms with Gasteiger partial charge in [0.2, 0.25) is 0 Å². The lowest BCUT2D eigenvalue weighted by Gasteiger charge is -2.32. The van der Waals surface area contributed by atoms with E-state index in [0.29, 0.717) is 0 Å². The van der Waals surface area contributed by atoms with Crippen LogP contribution in [0.2, 0.25) is 0 Å². The maximum atomic E-state index is 12.3. The van der Waals surface area contributed by atoms with Gasteiger partial charge in [-0.1, -0.05) is 0 Å². The van der Waals surface area contributed by atoms with Crippen molar-refractivity contribution in [2.45, 2.75) is 52.2 Å². The van der Waals surface area contributed by atoms with Gasteiger partial charge in [0.15, 0.2) is 0 Å². The number of halogens is 2. The molecule has 0 saturated carbocycles. The molecule has 0 aromatic rings. The Balaban J connectivity index is 2.76. The molecule has 1 heterocycles. The highest BCUT2D eigenvalue weighted by Crippen LogP contribution is 2.37. The van der Waals surface area contributed by atoms with Crippen molar-refractivity contribution in [3.63, 3.8) is 0 Å². The lowest BCUT2D eigenvalue weighted by molar-refractivity contribution is 0.00578. The van der Waals surface area contributed by atoms with Gasteiger partial charge in [0.25, 0.3) is 6.43 Å². The molecule has 86 valence electrons. The van der Waals surface area contributed by atoms with E-state index in [4.69, 9.17) is 9.31 Å². The summed E-state index contributed by atoms with van der Waals surface area (Å²) < 4.78 is 35.7. The topological polar surface area (TPSA) is 18.5 Å². The second-order valence-corrected chi connectivity index (χ2v) is 4.84. The van der Waals surface area contributed by atoms with Crippen molar-refractivity contribution in [2.75, 3.05) is 0 Å². The molecule has 0 radical (unpaired) electrons. The Morgan fingerprint density at radius 1 is 1.13 bits per heavy atom. The van der Waals surface area contributed by atoms with E-state index in [1.807, 2.05) is 27.7 Å². The smallest absolute Gasteiger partial charge is 0.400 e. The summed E-state index contributed by atoms with van der Waals surface area (Å²) >= 11 is 0. The van der Waals surface area contributed by atoms with E-state index in [2.05, 4.69) is 0 Å². The van der Waals surface area contributed by atoms with Crippen LogP contribution in [0.5, 0.6) is 0 Å². The Bertz CT molecular complexity index is 259. The van der Waals surface area contributed by atoms with Crippen molar-refractivity contribution < 1.29 is 18.1 Å². The van der Waals surface area contributed by atoms with Gasteiger partial charge < -0.3 is 9.31 Å². The molecule has 2 nitrogen and oxygen atoms in total. The van der Waals surface area contributed by atoms with Crippen LogP contribution in [0.25, 0.3) is 0 Å². The van der Waals surface area contributed by atoms with Crippen molar-refractivity contribution in [3.8, 4) is 0 Å². The van der Waals surface area contributed by atoms with Crippen LogP contribution in [-0.4, -0.2) is 24.7 Å². The van der Waals surface area contributed by atoms with Gasteiger partial charge in [-0.25, -0.2) is 8.78 Å². The third-order valence-corrected chi connectivity index (χ3v) is 3.01. The molecule has 0 aromatic carbocycles. The molecular formula is C10H17BF2O2. The van der Waals surface area contributed by atoms with E-state index in [9.17, 15) is 8.78 Å². The van der Waals surface area contributed by atoms with E-state index in [-0.39, 0.29) is 5.57 Å². The summed E-state index contributed by atoms with van der Waals surface area (Å²) in [6.07, 6.45) is -2.45. The number of alkyl halides is 2. The van der Waals surface area contributed by atoms with Crippen molar-refractivity contribution in [2.24, 2.45) is 0 Å². The third kappa shape index (κ3) is 2.58. The number of hydrogen-bond donors (Lipinski definition) is 0. The van der Waals surface area contributed by atoms with Crippen LogP contribution in [0.3, 0.4) is 0 Å². The number of rotatable bonds is 2. The molecule has 1 rings (SSSR count). The van der Waals surface area contributed by atoms with E-state index >= 15 is 0 Å². The van der Waals surface area contributed by atoms with Crippen molar-refractivity contribution in [1.82, 2.24) is 0 Å². The molecule has 5 heteroatoms. The molecule has 0 aromatic heterocycles. The Morgan fingerprint density at radius 3 is 1.87 bits per heavy atom. The monoisotopic (exact) mass is 218 g/mol. The van der Waals surface area contributed by atoms with Gasteiger partial charge in [0.05, 0.1) is 11.2 Å². The van der Waals surface area contributed by atoms with Crippen molar-refractivity contribution in [3.05, 3.63) is 11.5 Å². The molecule has 0 bridgehead atoms. The van der Waals surface area contributed by atoms with E-state index in [0.717, 1.165) is 0 Å². The summed E-state index contributed by atoms with van der Waals surface area (Å²) in [4.78, 5) is 0. The van der Waals surface area contributed by atoms with Crippen LogP contribution >= 0.6 is 0 Å². The maximum absolute atomic E-state index is 12.3. The molecule has 15 heavy (non-hydrogen) atoms. The second kappa shape index (κ2) is 3.87. The van der Waals surface area contributed by atoms with Gasteiger partial charge in [0.1, 0.15) is 0 Å². The van der Waals surface area contributed by atoms with Gasteiger partial charge in [-0.2, -0.15) is 0 Å². The molecule has 1 aliphatic heterocycles. The SMILES string of the molecule is CC(=CB1OC(C)(C)C(C)(C)O1)C(F)F. The van der Waals surface area contributed by atoms with Gasteiger partial charge in [-0.05, 0) is 46.2 Å². The molecule has 1 fully saturated rings. The molecule has 0 aliphatic carbocycles. The molecule has 0 spiro atoms. The molecule has 1 aliphatic rings. The first-order valence-corrected chi connectivity index (χ1v) is 4.98. The van der Waals surface area contributed by atoms with Crippen molar-refractivity contribution >= 4 is 7.12 Å². The molecule has 0 unspecified atom stereocenters. The van der Waals surface area contributed by atoms with Crippen LogP contribution in [0.1, 0.15) is 34.6 Å². The predicted molar refractivity (Wildman–Crippen MR) is 55.8 cm³/mol. The number of hydrogen-bond acceptors (Lipinski definition) is 2. The first kappa shape index (κ1) is 12.7. The first-order valence-electron chi connectivity index (χ1n) is 4.98. The fourth-order valence-corrected chi connectivity index (χ4v) is 1.24. The van der Waals surface area contributed by atoms with Crippen LogP contribution in [0, 0.1) is 0 Å². The Morgan fingerprint density at radius 2 is 1.53 bits per heavy atom. The minimum atomic E-state index is -2.45. The average Bonchev–Trinajstić information content (AvgIpc) is 2.19. The Hall–Kier alpha value is -0.415. The van der Waals surface area contributed by atoms with Gasteiger partial charge >= 0.3 is 7.12 Å². The lowest BCUT2D eigenvalue weighted by atomic mass is 9.87. The minimum absolute atomic E-state index is 0.0199. The maximum Gasteiger partial charge on any atom is 0.487 e. The molecule has 0 atom stereocenters. The van der Waals surface area contributed by atoms with Gasteiger partial charge in [-0.15, -0.1) is 0 Å². The fourth-order valence-electron chi connectivity index (χ4n) is 1.24. The molecule has 1 saturated heterocycles. The summed E-state index contributed by atoms with van der Waals surface area (Å²) in [7, 11) is -0.677. The molecule has 0 amide bonds. The summed E-state index contributed by atoms with van der Waals surface area (Å²) in [5.41, 5.74) is -0.971. The normalized spacial score (nSPS) is 25.1. The molecular weight excluding hydrogens is 201 g/mol. The standard InChI is InChI=1S/C10H17BF2O2/c1-7(8(12)13)6-11-14-9(2,3)10(4,5)15-11/h6,8H,1-5H3. The fraction of sp³-hybridized carbons (Fsp3) is 0.800. The molecule has 0 N–H and O–H groups in total. The second-order valence-electron chi connectivity index (χ2n) is 4.84. The quantitative estimate of drug-likeness (QED) is 0.663.